The van der Waals surface area contributed by atoms with Gasteiger partial charge in [-0.05, 0) is 29.8 Å². The van der Waals surface area contributed by atoms with Crippen molar-refractivity contribution < 1.29 is 17.9 Å². The van der Waals surface area contributed by atoms with Crippen LogP contribution < -0.4 is 10.4 Å². The molecular weight excluding hydrogens is 373 g/mol. The standard InChI is InChI=1S/C19H15F3N4O2/c1-25-16(24-26(2)19(25)27)9-12-4-3-5-15(17(12)20)28-14-7-11(10-23)6-13(8-14)18(21)22/h3-8,18H,9H2,1-2H3. The average molecular weight is 388 g/mol. The fraction of sp³-hybridized carbons (Fsp3) is 0.211. The highest BCUT2D eigenvalue weighted by molar-refractivity contribution is 5.44. The second-order valence-electron chi connectivity index (χ2n) is 6.09. The van der Waals surface area contributed by atoms with Crippen molar-refractivity contribution >= 4 is 0 Å². The van der Waals surface area contributed by atoms with Gasteiger partial charge < -0.3 is 4.74 Å². The molecule has 0 aliphatic carbocycles. The Morgan fingerprint density at radius 3 is 2.61 bits per heavy atom. The van der Waals surface area contributed by atoms with Crippen molar-refractivity contribution in [1.82, 2.24) is 14.3 Å². The van der Waals surface area contributed by atoms with Crippen LogP contribution in [0.2, 0.25) is 0 Å². The van der Waals surface area contributed by atoms with E-state index in [1.54, 1.807) is 6.07 Å². The molecule has 0 saturated carbocycles. The van der Waals surface area contributed by atoms with E-state index in [1.165, 1.54) is 42.9 Å². The first-order chi connectivity index (χ1) is 13.3. The largest absolute Gasteiger partial charge is 0.454 e. The van der Waals surface area contributed by atoms with Gasteiger partial charge in [-0.2, -0.15) is 10.4 Å². The number of halogens is 3. The summed E-state index contributed by atoms with van der Waals surface area (Å²) < 4.78 is 48.7. The average Bonchev–Trinajstić information content (AvgIpc) is 2.91. The maximum atomic E-state index is 14.9. The summed E-state index contributed by atoms with van der Waals surface area (Å²) in [6.45, 7) is 0. The molecule has 3 aromatic rings. The molecule has 0 radical (unpaired) electrons. The second kappa shape index (κ2) is 7.60. The van der Waals surface area contributed by atoms with Crippen LogP contribution in [0.15, 0.2) is 41.2 Å². The lowest BCUT2D eigenvalue weighted by atomic mass is 10.1. The van der Waals surface area contributed by atoms with E-state index in [0.29, 0.717) is 5.82 Å². The van der Waals surface area contributed by atoms with E-state index in [2.05, 4.69) is 5.10 Å². The summed E-state index contributed by atoms with van der Waals surface area (Å²) in [7, 11) is 3.02. The number of ether oxygens (including phenoxy) is 1. The molecule has 6 nitrogen and oxygen atoms in total. The minimum atomic E-state index is -2.79. The summed E-state index contributed by atoms with van der Waals surface area (Å²) in [5, 5.41) is 13.0. The number of hydrogen-bond donors (Lipinski definition) is 0. The maximum absolute atomic E-state index is 14.9. The Morgan fingerprint density at radius 2 is 2.00 bits per heavy atom. The van der Waals surface area contributed by atoms with Crippen molar-refractivity contribution in [3.8, 4) is 17.6 Å². The van der Waals surface area contributed by atoms with E-state index in [0.717, 1.165) is 16.8 Å². The SMILES string of the molecule is Cn1nc(Cc2cccc(Oc3cc(C#N)cc(C(F)F)c3)c2F)n(C)c1=O. The number of aryl methyl sites for hydroxylation is 1. The second-order valence-corrected chi connectivity index (χ2v) is 6.09. The molecule has 1 aromatic heterocycles. The molecule has 1 heterocycles. The highest BCUT2D eigenvalue weighted by atomic mass is 19.3. The van der Waals surface area contributed by atoms with Crippen molar-refractivity contribution in [1.29, 1.82) is 5.26 Å². The van der Waals surface area contributed by atoms with Crippen LogP contribution in [0.4, 0.5) is 13.2 Å². The Balaban J connectivity index is 1.94. The van der Waals surface area contributed by atoms with Gasteiger partial charge in [0.2, 0.25) is 0 Å². The first-order valence-electron chi connectivity index (χ1n) is 8.17. The van der Waals surface area contributed by atoms with Crippen LogP contribution in [0.25, 0.3) is 0 Å². The zero-order valence-corrected chi connectivity index (χ0v) is 15.0. The van der Waals surface area contributed by atoms with E-state index in [9.17, 15) is 18.0 Å². The lowest BCUT2D eigenvalue weighted by Crippen LogP contribution is -2.20. The first-order valence-corrected chi connectivity index (χ1v) is 8.17. The number of rotatable bonds is 5. The van der Waals surface area contributed by atoms with Gasteiger partial charge in [-0.15, -0.1) is 0 Å². The van der Waals surface area contributed by atoms with E-state index >= 15 is 0 Å². The molecule has 0 aliphatic rings. The van der Waals surface area contributed by atoms with Crippen molar-refractivity contribution in [2.75, 3.05) is 0 Å². The molecule has 0 atom stereocenters. The predicted molar refractivity (Wildman–Crippen MR) is 93.8 cm³/mol. The predicted octanol–water partition coefficient (Wildman–Crippen LogP) is 3.45. The summed E-state index contributed by atoms with van der Waals surface area (Å²) in [6, 6.07) is 9.52. The summed E-state index contributed by atoms with van der Waals surface area (Å²) in [4.78, 5) is 11.8. The molecule has 144 valence electrons. The Hall–Kier alpha value is -3.54. The van der Waals surface area contributed by atoms with Gasteiger partial charge in [0.25, 0.3) is 6.43 Å². The minimum absolute atomic E-state index is 0.0205. The molecule has 0 amide bonds. The Kier molecular flexibility index (Phi) is 5.22. The van der Waals surface area contributed by atoms with Crippen LogP contribution in [0, 0.1) is 17.1 Å². The molecule has 0 saturated heterocycles. The first kappa shape index (κ1) is 19.2. The number of hydrogen-bond acceptors (Lipinski definition) is 4. The number of benzene rings is 2. The van der Waals surface area contributed by atoms with Crippen LogP contribution >= 0.6 is 0 Å². The lowest BCUT2D eigenvalue weighted by molar-refractivity contribution is 0.151. The highest BCUT2D eigenvalue weighted by Gasteiger charge is 2.16. The normalized spacial score (nSPS) is 10.9. The molecule has 0 fully saturated rings. The molecule has 28 heavy (non-hydrogen) atoms. The molecule has 0 unspecified atom stereocenters. The lowest BCUT2D eigenvalue weighted by Gasteiger charge is -2.11. The molecule has 0 bridgehead atoms. The Labute approximate surface area is 158 Å². The van der Waals surface area contributed by atoms with E-state index in [1.807, 2.05) is 0 Å². The van der Waals surface area contributed by atoms with Crippen molar-refractivity contribution in [3.63, 3.8) is 0 Å². The monoisotopic (exact) mass is 388 g/mol. The molecule has 0 N–H and O–H groups in total. The zero-order chi connectivity index (χ0) is 20.4. The third-order valence-corrected chi connectivity index (χ3v) is 4.15. The molecule has 0 spiro atoms. The summed E-state index contributed by atoms with van der Waals surface area (Å²) in [5.41, 5.74) is -0.533. The van der Waals surface area contributed by atoms with Crippen LogP contribution in [0.5, 0.6) is 11.5 Å². The zero-order valence-electron chi connectivity index (χ0n) is 15.0. The number of aromatic nitrogens is 3. The van der Waals surface area contributed by atoms with Crippen LogP contribution in [-0.2, 0) is 20.5 Å². The molecule has 0 aliphatic heterocycles. The van der Waals surface area contributed by atoms with Gasteiger partial charge in [-0.1, -0.05) is 12.1 Å². The van der Waals surface area contributed by atoms with Gasteiger partial charge in [-0.3, -0.25) is 4.57 Å². The van der Waals surface area contributed by atoms with Crippen molar-refractivity contribution in [3.05, 3.63) is 75.2 Å². The number of nitrogens with zero attached hydrogens (tertiary/aromatic N) is 4. The van der Waals surface area contributed by atoms with Crippen molar-refractivity contribution in [2.24, 2.45) is 14.1 Å². The van der Waals surface area contributed by atoms with E-state index in [-0.39, 0.29) is 34.7 Å². The van der Waals surface area contributed by atoms with Gasteiger partial charge >= 0.3 is 5.69 Å². The fourth-order valence-corrected chi connectivity index (χ4v) is 2.70. The molecule has 3 rings (SSSR count). The van der Waals surface area contributed by atoms with Gasteiger partial charge in [0.1, 0.15) is 11.6 Å². The number of alkyl halides is 2. The summed E-state index contributed by atoms with van der Waals surface area (Å²) >= 11 is 0. The smallest absolute Gasteiger partial charge is 0.345 e. The van der Waals surface area contributed by atoms with Gasteiger partial charge in [0.15, 0.2) is 11.6 Å². The van der Waals surface area contributed by atoms with Gasteiger partial charge in [0.05, 0.1) is 11.6 Å². The van der Waals surface area contributed by atoms with Crippen molar-refractivity contribution in [2.45, 2.75) is 12.8 Å². The molecule has 2 aromatic carbocycles. The minimum Gasteiger partial charge on any atom is -0.454 e. The fourth-order valence-electron chi connectivity index (χ4n) is 2.70. The van der Waals surface area contributed by atoms with Crippen LogP contribution in [0.1, 0.15) is 28.9 Å². The van der Waals surface area contributed by atoms with Crippen LogP contribution in [0.3, 0.4) is 0 Å². The van der Waals surface area contributed by atoms with Gasteiger partial charge in [-0.25, -0.2) is 22.6 Å². The molecule has 9 heteroatoms. The topological polar surface area (TPSA) is 72.8 Å². The van der Waals surface area contributed by atoms with E-state index in [4.69, 9.17) is 10.00 Å². The third-order valence-electron chi connectivity index (χ3n) is 4.15. The number of nitriles is 1. The Bertz CT molecular complexity index is 1130. The quantitative estimate of drug-likeness (QED) is 0.671. The van der Waals surface area contributed by atoms with Gasteiger partial charge in [0, 0.05) is 26.1 Å². The molecular formula is C19H15F3N4O2. The highest BCUT2D eigenvalue weighted by Crippen LogP contribution is 2.31. The third kappa shape index (κ3) is 3.76. The van der Waals surface area contributed by atoms with E-state index < -0.39 is 17.8 Å². The van der Waals surface area contributed by atoms with Crippen LogP contribution in [-0.4, -0.2) is 14.3 Å². The summed E-state index contributed by atoms with van der Waals surface area (Å²) in [6.07, 6.45) is -2.76. The Morgan fingerprint density at radius 1 is 1.25 bits per heavy atom. The summed E-state index contributed by atoms with van der Waals surface area (Å²) in [5.74, 6) is -0.610. The maximum Gasteiger partial charge on any atom is 0.345 e.